The molecule has 1 aromatic carbocycles. The number of rotatable bonds is 8. The lowest BCUT2D eigenvalue weighted by Gasteiger charge is -2.20. The number of aromatic nitrogens is 1. The van der Waals surface area contributed by atoms with E-state index in [1.807, 2.05) is 18.2 Å². The molecule has 2 rings (SSSR count). The van der Waals surface area contributed by atoms with E-state index in [9.17, 15) is 0 Å². The summed E-state index contributed by atoms with van der Waals surface area (Å²) in [6.07, 6.45) is 3.23. The average molecular weight is 308 g/mol. The molecule has 1 unspecified atom stereocenters. The molecule has 1 aromatic heterocycles. The highest BCUT2D eigenvalue weighted by molar-refractivity contribution is 7.99. The van der Waals surface area contributed by atoms with Gasteiger partial charge in [-0.15, -0.1) is 0 Å². The zero-order valence-corrected chi connectivity index (χ0v) is 13.3. The third-order valence-electron chi connectivity index (χ3n) is 3.05. The molecule has 0 aliphatic rings. The van der Waals surface area contributed by atoms with Gasteiger partial charge in [-0.3, -0.25) is 0 Å². The smallest absolute Gasteiger partial charge is 0.255 e. The number of ether oxygens (including phenoxy) is 2. The van der Waals surface area contributed by atoms with Crippen molar-refractivity contribution in [3.8, 4) is 11.5 Å². The van der Waals surface area contributed by atoms with E-state index in [-0.39, 0.29) is 6.04 Å². The molecule has 0 spiro atoms. The molecule has 0 saturated carbocycles. The maximum Gasteiger partial charge on any atom is 0.255 e. The second kappa shape index (κ2) is 7.95. The van der Waals surface area contributed by atoms with Crippen LogP contribution in [0.25, 0.3) is 0 Å². The minimum Gasteiger partial charge on any atom is -0.497 e. The largest absolute Gasteiger partial charge is 0.497 e. The molecule has 0 amide bonds. The number of benzene rings is 1. The highest BCUT2D eigenvalue weighted by Crippen LogP contribution is 2.32. The fourth-order valence-electron chi connectivity index (χ4n) is 2.05. The Morgan fingerprint density at radius 3 is 2.81 bits per heavy atom. The van der Waals surface area contributed by atoms with E-state index in [0.29, 0.717) is 5.22 Å². The zero-order chi connectivity index (χ0) is 15.1. The minimum absolute atomic E-state index is 0.146. The first-order chi connectivity index (χ1) is 10.3. The molecule has 0 saturated heterocycles. The molecule has 0 aliphatic heterocycles. The van der Waals surface area contributed by atoms with Crippen LogP contribution in [0.15, 0.2) is 40.3 Å². The fourth-order valence-corrected chi connectivity index (χ4v) is 2.91. The van der Waals surface area contributed by atoms with Gasteiger partial charge in [0.25, 0.3) is 5.22 Å². The normalized spacial score (nSPS) is 12.1. The maximum atomic E-state index is 5.48. The van der Waals surface area contributed by atoms with Crippen LogP contribution in [0.2, 0.25) is 0 Å². The lowest BCUT2D eigenvalue weighted by Crippen LogP contribution is -2.23. The van der Waals surface area contributed by atoms with Crippen LogP contribution in [-0.4, -0.2) is 31.5 Å². The molecular formula is C15H20N2O3S. The third-order valence-corrected chi connectivity index (χ3v) is 4.00. The molecule has 2 aromatic rings. The third kappa shape index (κ3) is 4.15. The summed E-state index contributed by atoms with van der Waals surface area (Å²) in [5, 5.41) is 4.13. The summed E-state index contributed by atoms with van der Waals surface area (Å²) >= 11 is 1.57. The SMILES string of the molecule is CCNC(CSc1ncco1)c1ccc(OC)cc1OC. The van der Waals surface area contributed by atoms with Crippen molar-refractivity contribution < 1.29 is 13.9 Å². The van der Waals surface area contributed by atoms with Crippen molar-refractivity contribution in [1.82, 2.24) is 10.3 Å². The second-order valence-electron chi connectivity index (χ2n) is 4.33. The van der Waals surface area contributed by atoms with Crippen molar-refractivity contribution in [3.63, 3.8) is 0 Å². The van der Waals surface area contributed by atoms with Crippen molar-refractivity contribution in [2.24, 2.45) is 0 Å². The van der Waals surface area contributed by atoms with E-state index in [0.717, 1.165) is 29.4 Å². The summed E-state index contributed by atoms with van der Waals surface area (Å²) < 4.78 is 16.0. The van der Waals surface area contributed by atoms with Crippen LogP contribution < -0.4 is 14.8 Å². The lowest BCUT2D eigenvalue weighted by molar-refractivity contribution is 0.386. The quantitative estimate of drug-likeness (QED) is 0.756. The molecule has 21 heavy (non-hydrogen) atoms. The summed E-state index contributed by atoms with van der Waals surface area (Å²) in [5.74, 6) is 2.40. The van der Waals surface area contributed by atoms with Crippen LogP contribution in [0.5, 0.6) is 11.5 Å². The van der Waals surface area contributed by atoms with Gasteiger partial charge >= 0.3 is 0 Å². The van der Waals surface area contributed by atoms with E-state index in [4.69, 9.17) is 13.9 Å². The van der Waals surface area contributed by atoms with Gasteiger partial charge in [-0.1, -0.05) is 24.8 Å². The molecule has 0 bridgehead atoms. The Morgan fingerprint density at radius 1 is 1.33 bits per heavy atom. The molecule has 1 heterocycles. The number of nitrogens with one attached hydrogen (secondary N) is 1. The summed E-state index contributed by atoms with van der Waals surface area (Å²) in [5.41, 5.74) is 1.10. The number of methoxy groups -OCH3 is 2. The predicted molar refractivity (Wildman–Crippen MR) is 83.2 cm³/mol. The molecule has 1 atom stereocenters. The molecule has 0 fully saturated rings. The lowest BCUT2D eigenvalue weighted by atomic mass is 10.1. The molecule has 0 aliphatic carbocycles. The van der Waals surface area contributed by atoms with Crippen LogP contribution in [-0.2, 0) is 0 Å². The number of hydrogen-bond acceptors (Lipinski definition) is 6. The Balaban J connectivity index is 2.16. The van der Waals surface area contributed by atoms with Crippen LogP contribution in [0.3, 0.4) is 0 Å². The second-order valence-corrected chi connectivity index (χ2v) is 5.30. The van der Waals surface area contributed by atoms with Gasteiger partial charge < -0.3 is 19.2 Å². The number of hydrogen-bond donors (Lipinski definition) is 1. The van der Waals surface area contributed by atoms with Crippen molar-refractivity contribution >= 4 is 11.8 Å². The average Bonchev–Trinajstić information content (AvgIpc) is 3.04. The van der Waals surface area contributed by atoms with E-state index in [1.54, 1.807) is 38.4 Å². The predicted octanol–water partition coefficient (Wildman–Crippen LogP) is 3.13. The Hall–Kier alpha value is -1.66. The summed E-state index contributed by atoms with van der Waals surface area (Å²) in [6.45, 7) is 2.95. The number of nitrogens with zero attached hydrogens (tertiary/aromatic N) is 1. The Morgan fingerprint density at radius 2 is 2.19 bits per heavy atom. The first-order valence-electron chi connectivity index (χ1n) is 6.76. The highest BCUT2D eigenvalue weighted by Gasteiger charge is 2.17. The van der Waals surface area contributed by atoms with Crippen LogP contribution >= 0.6 is 11.8 Å². The van der Waals surface area contributed by atoms with Crippen LogP contribution in [0.1, 0.15) is 18.5 Å². The topological polar surface area (TPSA) is 56.5 Å². The Bertz CT molecular complexity index is 546. The first-order valence-corrected chi connectivity index (χ1v) is 7.74. The van der Waals surface area contributed by atoms with Crippen LogP contribution in [0.4, 0.5) is 0 Å². The number of thioether (sulfide) groups is 1. The van der Waals surface area contributed by atoms with Gasteiger partial charge in [0.05, 0.1) is 20.4 Å². The van der Waals surface area contributed by atoms with Gasteiger partial charge in [0.15, 0.2) is 0 Å². The Kier molecular flexibility index (Phi) is 5.95. The van der Waals surface area contributed by atoms with Gasteiger partial charge in [-0.25, -0.2) is 4.98 Å². The monoisotopic (exact) mass is 308 g/mol. The maximum absolute atomic E-state index is 5.48. The van der Waals surface area contributed by atoms with E-state index < -0.39 is 0 Å². The van der Waals surface area contributed by atoms with Crippen molar-refractivity contribution in [2.45, 2.75) is 18.2 Å². The van der Waals surface area contributed by atoms with Gasteiger partial charge in [0.2, 0.25) is 0 Å². The summed E-state index contributed by atoms with van der Waals surface area (Å²) in [7, 11) is 3.32. The van der Waals surface area contributed by atoms with E-state index in [1.165, 1.54) is 0 Å². The van der Waals surface area contributed by atoms with Crippen LogP contribution in [0, 0.1) is 0 Å². The molecule has 1 N–H and O–H groups in total. The van der Waals surface area contributed by atoms with Gasteiger partial charge in [-0.2, -0.15) is 0 Å². The summed E-state index contributed by atoms with van der Waals surface area (Å²) in [6, 6.07) is 6.02. The van der Waals surface area contributed by atoms with E-state index in [2.05, 4.69) is 17.2 Å². The molecule has 114 valence electrons. The molecule has 5 nitrogen and oxygen atoms in total. The highest BCUT2D eigenvalue weighted by atomic mass is 32.2. The molecular weight excluding hydrogens is 288 g/mol. The van der Waals surface area contributed by atoms with E-state index >= 15 is 0 Å². The first kappa shape index (κ1) is 15.7. The zero-order valence-electron chi connectivity index (χ0n) is 12.5. The number of oxazole rings is 1. The fraction of sp³-hybridized carbons (Fsp3) is 0.400. The Labute approximate surface area is 129 Å². The van der Waals surface area contributed by atoms with Gasteiger partial charge in [-0.05, 0) is 12.6 Å². The minimum atomic E-state index is 0.146. The van der Waals surface area contributed by atoms with Crippen molar-refractivity contribution in [2.75, 3.05) is 26.5 Å². The van der Waals surface area contributed by atoms with Gasteiger partial charge in [0, 0.05) is 23.4 Å². The van der Waals surface area contributed by atoms with Crippen molar-refractivity contribution in [1.29, 1.82) is 0 Å². The molecule has 6 heteroatoms. The summed E-state index contributed by atoms with van der Waals surface area (Å²) in [4.78, 5) is 4.13. The standard InChI is InChI=1S/C15H20N2O3S/c1-4-16-13(10-21-15-17-7-8-20-15)12-6-5-11(18-2)9-14(12)19-3/h5-9,13,16H,4,10H2,1-3H3. The van der Waals surface area contributed by atoms with Gasteiger partial charge in [0.1, 0.15) is 17.8 Å². The molecule has 0 radical (unpaired) electrons. The van der Waals surface area contributed by atoms with Crippen molar-refractivity contribution in [3.05, 3.63) is 36.2 Å².